The van der Waals surface area contributed by atoms with Gasteiger partial charge in [0, 0.05) is 18.4 Å². The van der Waals surface area contributed by atoms with E-state index in [9.17, 15) is 4.79 Å². The molecule has 1 aliphatic carbocycles. The third-order valence-corrected chi connectivity index (χ3v) is 6.64. The zero-order valence-corrected chi connectivity index (χ0v) is 16.3. The number of hydrogen-bond acceptors (Lipinski definition) is 2. The highest BCUT2D eigenvalue weighted by Crippen LogP contribution is 2.36. The second kappa shape index (κ2) is 7.85. The van der Waals surface area contributed by atoms with Gasteiger partial charge in [0.1, 0.15) is 0 Å². The Labute approximate surface area is 162 Å². The first-order chi connectivity index (χ1) is 13.2. The third-order valence-electron chi connectivity index (χ3n) is 6.64. The Balaban J connectivity index is 1.42. The number of carbonyl (C=O) groups excluding carboxylic acids is 1. The van der Waals surface area contributed by atoms with Crippen LogP contribution in [0.25, 0.3) is 0 Å². The summed E-state index contributed by atoms with van der Waals surface area (Å²) in [7, 11) is 2.19. The van der Waals surface area contributed by atoms with E-state index in [1.54, 1.807) is 0 Å². The van der Waals surface area contributed by atoms with Crippen LogP contribution in [-0.4, -0.2) is 37.5 Å². The van der Waals surface area contributed by atoms with Gasteiger partial charge in [0.25, 0.3) is 0 Å². The Morgan fingerprint density at radius 1 is 1.07 bits per heavy atom. The highest BCUT2D eigenvalue weighted by atomic mass is 16.1. The predicted octanol–water partition coefficient (Wildman–Crippen LogP) is 3.89. The lowest BCUT2D eigenvalue weighted by Crippen LogP contribution is -2.48. The molecule has 142 valence electrons. The van der Waals surface area contributed by atoms with Gasteiger partial charge in [-0.2, -0.15) is 0 Å². The van der Waals surface area contributed by atoms with Crippen molar-refractivity contribution in [3.63, 3.8) is 0 Å². The van der Waals surface area contributed by atoms with Gasteiger partial charge in [0.2, 0.25) is 5.91 Å². The number of rotatable bonds is 5. The molecular weight excluding hydrogens is 332 g/mol. The molecule has 4 rings (SSSR count). The summed E-state index contributed by atoms with van der Waals surface area (Å²) < 4.78 is 0. The third kappa shape index (κ3) is 3.93. The highest BCUT2D eigenvalue weighted by molar-refractivity contribution is 5.77. The van der Waals surface area contributed by atoms with Crippen LogP contribution in [0.4, 0.5) is 0 Å². The first kappa shape index (κ1) is 18.2. The zero-order valence-electron chi connectivity index (χ0n) is 16.3. The van der Waals surface area contributed by atoms with Gasteiger partial charge in [-0.15, -0.1) is 0 Å². The van der Waals surface area contributed by atoms with Crippen LogP contribution in [-0.2, 0) is 16.6 Å². The quantitative estimate of drug-likeness (QED) is 0.875. The summed E-state index contributed by atoms with van der Waals surface area (Å²) in [4.78, 5) is 15.2. The fourth-order valence-electron chi connectivity index (χ4n) is 4.83. The van der Waals surface area contributed by atoms with Gasteiger partial charge in [-0.25, -0.2) is 0 Å². The van der Waals surface area contributed by atoms with Crippen LogP contribution in [0, 0.1) is 0 Å². The van der Waals surface area contributed by atoms with Gasteiger partial charge < -0.3 is 10.2 Å². The number of likely N-dealkylation sites (tertiary alicyclic amines) is 1. The minimum absolute atomic E-state index is 0.0665. The van der Waals surface area contributed by atoms with Crippen LogP contribution in [0.3, 0.4) is 0 Å². The highest BCUT2D eigenvalue weighted by Gasteiger charge is 2.36. The molecule has 1 aliphatic heterocycles. The van der Waals surface area contributed by atoms with Gasteiger partial charge in [0.05, 0.1) is 0 Å². The molecule has 1 fully saturated rings. The molecule has 3 heteroatoms. The largest absolute Gasteiger partial charge is 0.355 e. The predicted molar refractivity (Wildman–Crippen MR) is 110 cm³/mol. The van der Waals surface area contributed by atoms with Crippen LogP contribution in [0.15, 0.2) is 54.6 Å². The summed E-state index contributed by atoms with van der Waals surface area (Å²) in [5, 5.41) is 3.31. The summed E-state index contributed by atoms with van der Waals surface area (Å²) in [5.41, 5.74) is 4.23. The Bertz CT molecular complexity index is 778. The number of piperidine rings is 1. The van der Waals surface area contributed by atoms with Crippen LogP contribution in [0.2, 0.25) is 0 Å². The summed E-state index contributed by atoms with van der Waals surface area (Å²) in [6.45, 7) is 2.92. The topological polar surface area (TPSA) is 32.3 Å². The lowest BCUT2D eigenvalue weighted by Gasteiger charge is -2.41. The fraction of sp³-hybridized carbons (Fsp3) is 0.458. The van der Waals surface area contributed by atoms with Crippen LogP contribution in [0.5, 0.6) is 0 Å². The van der Waals surface area contributed by atoms with E-state index in [0.29, 0.717) is 12.3 Å². The summed E-state index contributed by atoms with van der Waals surface area (Å²) in [6, 6.07) is 19.4. The molecule has 27 heavy (non-hydrogen) atoms. The zero-order chi connectivity index (χ0) is 18.7. The van der Waals surface area contributed by atoms with Crippen molar-refractivity contribution in [2.24, 2.45) is 0 Å². The lowest BCUT2D eigenvalue weighted by molar-refractivity contribution is -0.121. The number of nitrogens with one attached hydrogen (secondary N) is 1. The van der Waals surface area contributed by atoms with Gasteiger partial charge in [0.15, 0.2) is 0 Å². The van der Waals surface area contributed by atoms with Crippen LogP contribution < -0.4 is 5.32 Å². The molecule has 2 aliphatic rings. The standard InChI is InChI=1S/C24H30N2O/c1-26-15-13-24(14-16-26,21-8-3-2-4-9-21)18-25-23(27)17-20-12-11-19-7-5-6-10-22(19)20/h2-10,20H,11-18H2,1H3,(H,25,27)/t20-/m0/s1. The number of carbonyl (C=O) groups is 1. The molecule has 2 aromatic rings. The fourth-order valence-corrected chi connectivity index (χ4v) is 4.83. The first-order valence-corrected chi connectivity index (χ1v) is 10.2. The van der Waals surface area contributed by atoms with Crippen molar-refractivity contribution in [3.8, 4) is 0 Å². The molecule has 1 atom stereocenters. The van der Waals surface area contributed by atoms with E-state index in [1.165, 1.54) is 16.7 Å². The average molecular weight is 363 g/mol. The van der Waals surface area contributed by atoms with Crippen molar-refractivity contribution < 1.29 is 4.79 Å². The van der Waals surface area contributed by atoms with E-state index >= 15 is 0 Å². The molecule has 1 heterocycles. The molecule has 1 N–H and O–H groups in total. The molecule has 2 aromatic carbocycles. The maximum Gasteiger partial charge on any atom is 0.220 e. The van der Waals surface area contributed by atoms with Gasteiger partial charge in [-0.1, -0.05) is 54.6 Å². The molecule has 0 spiro atoms. The van der Waals surface area contributed by atoms with Crippen molar-refractivity contribution in [1.82, 2.24) is 10.2 Å². The number of hydrogen-bond donors (Lipinski definition) is 1. The Kier molecular flexibility index (Phi) is 5.31. The second-order valence-corrected chi connectivity index (χ2v) is 8.36. The molecule has 1 amide bonds. The minimum Gasteiger partial charge on any atom is -0.355 e. The number of aryl methyl sites for hydroxylation is 1. The lowest BCUT2D eigenvalue weighted by atomic mass is 9.72. The van der Waals surface area contributed by atoms with Crippen molar-refractivity contribution in [3.05, 3.63) is 71.3 Å². The van der Waals surface area contributed by atoms with Crippen molar-refractivity contribution >= 4 is 5.91 Å². The molecule has 0 unspecified atom stereocenters. The monoisotopic (exact) mass is 362 g/mol. The molecule has 3 nitrogen and oxygen atoms in total. The van der Waals surface area contributed by atoms with Crippen molar-refractivity contribution in [1.29, 1.82) is 0 Å². The Hall–Kier alpha value is -2.13. The Morgan fingerprint density at radius 2 is 1.78 bits per heavy atom. The van der Waals surface area contributed by atoms with E-state index in [2.05, 4.69) is 71.9 Å². The molecule has 0 aromatic heterocycles. The van der Waals surface area contributed by atoms with E-state index in [-0.39, 0.29) is 11.3 Å². The van der Waals surface area contributed by atoms with Crippen LogP contribution in [0.1, 0.15) is 48.3 Å². The summed E-state index contributed by atoms with van der Waals surface area (Å²) in [5.74, 6) is 0.581. The van der Waals surface area contributed by atoms with E-state index in [4.69, 9.17) is 0 Å². The van der Waals surface area contributed by atoms with Gasteiger partial charge in [-0.3, -0.25) is 4.79 Å². The summed E-state index contributed by atoms with van der Waals surface area (Å²) >= 11 is 0. The van der Waals surface area contributed by atoms with Crippen molar-refractivity contribution in [2.45, 2.75) is 43.4 Å². The van der Waals surface area contributed by atoms with Gasteiger partial charge in [-0.05, 0) is 68.4 Å². The molecule has 0 saturated carbocycles. The molecule has 1 saturated heterocycles. The number of benzene rings is 2. The normalized spacial score (nSPS) is 21.6. The van der Waals surface area contributed by atoms with Gasteiger partial charge >= 0.3 is 0 Å². The van der Waals surface area contributed by atoms with E-state index in [0.717, 1.165) is 45.3 Å². The number of amides is 1. The average Bonchev–Trinajstić information content (AvgIpc) is 3.11. The maximum absolute atomic E-state index is 12.8. The minimum atomic E-state index is 0.0665. The number of nitrogens with zero attached hydrogens (tertiary/aromatic N) is 1. The summed E-state index contributed by atoms with van der Waals surface area (Å²) in [6.07, 6.45) is 5.01. The molecular formula is C24H30N2O. The second-order valence-electron chi connectivity index (χ2n) is 8.36. The van der Waals surface area contributed by atoms with Crippen LogP contribution >= 0.6 is 0 Å². The Morgan fingerprint density at radius 3 is 2.56 bits per heavy atom. The van der Waals surface area contributed by atoms with Crippen molar-refractivity contribution in [2.75, 3.05) is 26.7 Å². The van der Waals surface area contributed by atoms with E-state index < -0.39 is 0 Å². The first-order valence-electron chi connectivity index (χ1n) is 10.2. The maximum atomic E-state index is 12.8. The smallest absolute Gasteiger partial charge is 0.220 e. The SMILES string of the molecule is CN1CCC(CNC(=O)C[C@@H]2CCc3ccccc32)(c2ccccc2)CC1. The molecule has 0 radical (unpaired) electrons. The number of fused-ring (bicyclic) bond motifs is 1. The van der Waals surface area contributed by atoms with E-state index in [1.807, 2.05) is 0 Å². The molecule has 0 bridgehead atoms.